The van der Waals surface area contributed by atoms with Gasteiger partial charge in [-0.2, -0.15) is 0 Å². The van der Waals surface area contributed by atoms with Gasteiger partial charge < -0.3 is 14.5 Å². The van der Waals surface area contributed by atoms with Crippen LogP contribution in [0.2, 0.25) is 0 Å². The second kappa shape index (κ2) is 8.80. The molecule has 3 aromatic rings. The molecule has 8 heteroatoms. The van der Waals surface area contributed by atoms with Gasteiger partial charge in [0, 0.05) is 19.0 Å². The van der Waals surface area contributed by atoms with E-state index in [2.05, 4.69) is 24.3 Å². The zero-order valence-electron chi connectivity index (χ0n) is 21.2. The quantitative estimate of drug-likeness (QED) is 0.458. The Kier molecular flexibility index (Phi) is 5.33. The molecule has 0 bridgehead atoms. The van der Waals surface area contributed by atoms with E-state index >= 15 is 0 Å². The van der Waals surface area contributed by atoms with Gasteiger partial charge in [-0.3, -0.25) is 9.59 Å². The molecule has 1 saturated heterocycles. The van der Waals surface area contributed by atoms with E-state index in [1.54, 1.807) is 17.0 Å². The minimum absolute atomic E-state index is 0.0591. The van der Waals surface area contributed by atoms with Crippen LogP contribution in [0.25, 0.3) is 11.1 Å². The number of ether oxygens (including phenoxy) is 1. The molecule has 2 aliphatic heterocycles. The monoisotopic (exact) mass is 522 g/mol. The molecule has 2 fully saturated rings. The van der Waals surface area contributed by atoms with Crippen LogP contribution in [0, 0.1) is 11.3 Å². The van der Waals surface area contributed by atoms with Crippen molar-refractivity contribution in [2.75, 3.05) is 19.7 Å². The minimum Gasteiger partial charge on any atom is -0.448 e. The van der Waals surface area contributed by atoms with Crippen molar-refractivity contribution >= 4 is 23.9 Å². The smallest absolute Gasteiger partial charge is 0.409 e. The van der Waals surface area contributed by atoms with E-state index in [9.17, 15) is 19.2 Å². The topological polar surface area (TPSA) is 93.2 Å². The summed E-state index contributed by atoms with van der Waals surface area (Å²) in [5, 5.41) is 0.563. The Morgan fingerprint density at radius 3 is 2.00 bits per heavy atom. The molecule has 0 aromatic heterocycles. The maximum atomic E-state index is 13.5. The molecule has 196 valence electrons. The molecule has 1 saturated carbocycles. The Morgan fingerprint density at radius 2 is 1.38 bits per heavy atom. The van der Waals surface area contributed by atoms with E-state index < -0.39 is 29.3 Å². The summed E-state index contributed by atoms with van der Waals surface area (Å²) in [7, 11) is 0. The Morgan fingerprint density at radius 1 is 0.821 bits per heavy atom. The molecule has 2 aliphatic carbocycles. The molecule has 2 atom stereocenters. The highest BCUT2D eigenvalue weighted by Crippen LogP contribution is 2.50. The van der Waals surface area contributed by atoms with Crippen molar-refractivity contribution in [3.63, 3.8) is 0 Å². The van der Waals surface area contributed by atoms with Crippen LogP contribution in [0.5, 0.6) is 0 Å². The standard InChI is InChI=1S/C31H26N2O6/c34-27-24-13-5-6-14-25(24)28(35)33(27)39-29(36)31-15-7-8-19(31)16-32(18-31)30(37)38-17-26-22-11-3-1-9-20(22)21-10-2-4-12-23(21)26/h1-6,9-14,19,26H,7-8,15-18H2/t19-,31-/m0/s1. The third-order valence-electron chi connectivity index (χ3n) is 8.80. The predicted molar refractivity (Wildman–Crippen MR) is 139 cm³/mol. The number of nitrogens with zero attached hydrogens (tertiary/aromatic N) is 2. The van der Waals surface area contributed by atoms with Gasteiger partial charge in [0.05, 0.1) is 16.5 Å². The van der Waals surface area contributed by atoms with Crippen LogP contribution in [0.3, 0.4) is 0 Å². The van der Waals surface area contributed by atoms with Gasteiger partial charge in [0.2, 0.25) is 0 Å². The fraction of sp³-hybridized carbons (Fsp3) is 0.290. The van der Waals surface area contributed by atoms with Crippen molar-refractivity contribution in [3.05, 3.63) is 95.1 Å². The van der Waals surface area contributed by atoms with Gasteiger partial charge >= 0.3 is 12.1 Å². The summed E-state index contributed by atoms with van der Waals surface area (Å²) in [6.07, 6.45) is 1.61. The number of carbonyl (C=O) groups excluding carboxylic acids is 4. The number of hydrogen-bond donors (Lipinski definition) is 0. The molecule has 0 spiro atoms. The number of carbonyl (C=O) groups is 4. The summed E-state index contributed by atoms with van der Waals surface area (Å²) in [5.41, 5.74) is 4.02. The Hall–Kier alpha value is -4.46. The lowest BCUT2D eigenvalue weighted by molar-refractivity contribution is -0.182. The molecular weight excluding hydrogens is 496 g/mol. The van der Waals surface area contributed by atoms with Gasteiger partial charge in [-0.15, -0.1) is 0 Å². The predicted octanol–water partition coefficient (Wildman–Crippen LogP) is 4.79. The molecular formula is C31H26N2O6. The first-order chi connectivity index (χ1) is 19.0. The Bertz CT molecular complexity index is 1470. The fourth-order valence-electron chi connectivity index (χ4n) is 6.87. The van der Waals surface area contributed by atoms with Crippen LogP contribution >= 0.6 is 0 Å². The maximum absolute atomic E-state index is 13.5. The summed E-state index contributed by atoms with van der Waals surface area (Å²) in [4.78, 5) is 59.3. The second-order valence-electron chi connectivity index (χ2n) is 10.8. The van der Waals surface area contributed by atoms with Crippen LogP contribution in [0.4, 0.5) is 4.79 Å². The maximum Gasteiger partial charge on any atom is 0.409 e. The van der Waals surface area contributed by atoms with Crippen molar-refractivity contribution in [1.29, 1.82) is 0 Å². The first-order valence-electron chi connectivity index (χ1n) is 13.3. The average Bonchev–Trinajstić information content (AvgIpc) is 3.68. The number of hydroxylamine groups is 2. The third kappa shape index (κ3) is 3.51. The van der Waals surface area contributed by atoms with Crippen molar-refractivity contribution in [1.82, 2.24) is 9.96 Å². The highest BCUT2D eigenvalue weighted by molar-refractivity contribution is 6.21. The highest BCUT2D eigenvalue weighted by Gasteiger charge is 2.58. The van der Waals surface area contributed by atoms with Crippen LogP contribution in [0.15, 0.2) is 72.8 Å². The largest absolute Gasteiger partial charge is 0.448 e. The summed E-state index contributed by atoms with van der Waals surface area (Å²) in [6, 6.07) is 22.7. The van der Waals surface area contributed by atoms with Crippen LogP contribution in [-0.4, -0.2) is 53.5 Å². The first kappa shape index (κ1) is 23.6. The molecule has 3 aromatic carbocycles. The number of benzene rings is 3. The van der Waals surface area contributed by atoms with Gasteiger partial charge in [0.15, 0.2) is 0 Å². The van der Waals surface area contributed by atoms with Crippen molar-refractivity contribution in [3.8, 4) is 11.1 Å². The van der Waals surface area contributed by atoms with Crippen molar-refractivity contribution < 1.29 is 28.8 Å². The van der Waals surface area contributed by atoms with E-state index in [1.807, 2.05) is 24.3 Å². The molecule has 8 nitrogen and oxygen atoms in total. The van der Waals surface area contributed by atoms with Gasteiger partial charge in [0.25, 0.3) is 11.8 Å². The molecule has 3 amide bonds. The zero-order chi connectivity index (χ0) is 26.7. The highest BCUT2D eigenvalue weighted by atomic mass is 16.7. The summed E-state index contributed by atoms with van der Waals surface area (Å²) >= 11 is 0. The van der Waals surface area contributed by atoms with Crippen molar-refractivity contribution in [2.24, 2.45) is 11.3 Å². The number of likely N-dealkylation sites (tertiary alicyclic amines) is 1. The fourth-order valence-corrected chi connectivity index (χ4v) is 6.87. The Balaban J connectivity index is 1.05. The molecule has 39 heavy (non-hydrogen) atoms. The normalized spacial score (nSPS) is 22.9. The lowest BCUT2D eigenvalue weighted by Crippen LogP contribution is -2.43. The third-order valence-corrected chi connectivity index (χ3v) is 8.80. The number of fused-ring (bicyclic) bond motifs is 5. The Labute approximate surface area is 225 Å². The number of hydrogen-bond acceptors (Lipinski definition) is 6. The second-order valence-corrected chi connectivity index (χ2v) is 10.8. The van der Waals surface area contributed by atoms with Gasteiger partial charge in [-0.25, -0.2) is 9.59 Å². The molecule has 0 N–H and O–H groups in total. The summed E-state index contributed by atoms with van der Waals surface area (Å²) in [5.74, 6) is -2.13. The lowest BCUT2D eigenvalue weighted by Gasteiger charge is -2.27. The van der Waals surface area contributed by atoms with E-state index in [-0.39, 0.29) is 36.1 Å². The molecule has 7 rings (SSSR count). The number of rotatable bonds is 4. The SMILES string of the molecule is O=C(OCC1c2ccccc2-c2ccccc21)N1C[C@@H]2CCC[C@]2(C(=O)ON2C(=O)c3ccccc3C2=O)C1. The molecule has 4 aliphatic rings. The van der Waals surface area contributed by atoms with E-state index in [4.69, 9.17) is 9.57 Å². The van der Waals surface area contributed by atoms with Crippen LogP contribution < -0.4 is 0 Å². The van der Waals surface area contributed by atoms with Crippen molar-refractivity contribution in [2.45, 2.75) is 25.2 Å². The zero-order valence-corrected chi connectivity index (χ0v) is 21.2. The van der Waals surface area contributed by atoms with E-state index in [1.165, 1.54) is 12.1 Å². The van der Waals surface area contributed by atoms with Crippen LogP contribution in [-0.2, 0) is 14.4 Å². The van der Waals surface area contributed by atoms with E-state index in [0.29, 0.717) is 18.0 Å². The average molecular weight is 523 g/mol. The van der Waals surface area contributed by atoms with Gasteiger partial charge in [-0.05, 0) is 53.1 Å². The van der Waals surface area contributed by atoms with Crippen LogP contribution in [0.1, 0.15) is 57.0 Å². The lowest BCUT2D eigenvalue weighted by atomic mass is 9.81. The molecule has 0 radical (unpaired) electrons. The first-order valence-corrected chi connectivity index (χ1v) is 13.3. The number of imide groups is 1. The summed E-state index contributed by atoms with van der Waals surface area (Å²) in [6.45, 7) is 0.699. The number of amides is 3. The molecule has 0 unspecified atom stereocenters. The van der Waals surface area contributed by atoms with E-state index in [0.717, 1.165) is 35.1 Å². The summed E-state index contributed by atoms with van der Waals surface area (Å²) < 4.78 is 5.84. The van der Waals surface area contributed by atoms with Gasteiger partial charge in [0.1, 0.15) is 6.61 Å². The minimum atomic E-state index is -0.971. The van der Waals surface area contributed by atoms with Gasteiger partial charge in [-0.1, -0.05) is 72.1 Å². The molecule has 2 heterocycles.